The first kappa shape index (κ1) is 13.8. The van der Waals surface area contributed by atoms with Crippen LogP contribution in [-0.2, 0) is 0 Å². The molecule has 0 radical (unpaired) electrons. The maximum absolute atomic E-state index is 5.89. The third kappa shape index (κ3) is 3.97. The van der Waals surface area contributed by atoms with E-state index in [9.17, 15) is 0 Å². The summed E-state index contributed by atoms with van der Waals surface area (Å²) >= 11 is 3.46. The molecule has 1 aromatic carbocycles. The number of hydrogen-bond acceptors (Lipinski definition) is 3. The summed E-state index contributed by atoms with van der Waals surface area (Å²) in [7, 11) is 0. The number of piperidine rings is 1. The predicted molar refractivity (Wildman–Crippen MR) is 78.0 cm³/mol. The van der Waals surface area contributed by atoms with Crippen LogP contribution in [-0.4, -0.2) is 37.2 Å². The molecule has 1 fully saturated rings. The number of ether oxygens (including phenoxy) is 1. The second kappa shape index (κ2) is 6.55. The van der Waals surface area contributed by atoms with Gasteiger partial charge in [0.2, 0.25) is 0 Å². The highest BCUT2D eigenvalue weighted by Crippen LogP contribution is 2.22. The van der Waals surface area contributed by atoms with Crippen LogP contribution in [0.2, 0.25) is 0 Å². The maximum atomic E-state index is 5.89. The van der Waals surface area contributed by atoms with Crippen LogP contribution in [0.4, 0.5) is 0 Å². The van der Waals surface area contributed by atoms with Crippen molar-refractivity contribution in [3.63, 3.8) is 0 Å². The van der Waals surface area contributed by atoms with Gasteiger partial charge in [0, 0.05) is 17.1 Å². The van der Waals surface area contributed by atoms with E-state index in [1.807, 2.05) is 12.1 Å². The van der Waals surface area contributed by atoms with Crippen molar-refractivity contribution in [3.05, 3.63) is 28.2 Å². The molecule has 0 bridgehead atoms. The number of rotatable bonds is 4. The normalized spacial score (nSPS) is 17.9. The van der Waals surface area contributed by atoms with Gasteiger partial charge in [0.1, 0.15) is 12.4 Å². The zero-order valence-electron chi connectivity index (χ0n) is 10.9. The molecule has 0 atom stereocenters. The number of aryl methyl sites for hydroxylation is 1. The van der Waals surface area contributed by atoms with Gasteiger partial charge < -0.3 is 10.5 Å². The van der Waals surface area contributed by atoms with E-state index in [4.69, 9.17) is 10.5 Å². The Hall–Kier alpha value is -0.580. The van der Waals surface area contributed by atoms with Crippen LogP contribution in [0.25, 0.3) is 0 Å². The summed E-state index contributed by atoms with van der Waals surface area (Å²) in [5.41, 5.74) is 7.06. The molecule has 3 nitrogen and oxygen atoms in total. The minimum Gasteiger partial charge on any atom is -0.492 e. The first-order valence-electron chi connectivity index (χ1n) is 6.52. The van der Waals surface area contributed by atoms with Crippen molar-refractivity contribution < 1.29 is 4.74 Å². The smallest absolute Gasteiger partial charge is 0.122 e. The summed E-state index contributed by atoms with van der Waals surface area (Å²) in [6.45, 7) is 6.01. The van der Waals surface area contributed by atoms with Crippen molar-refractivity contribution >= 4 is 15.9 Å². The number of likely N-dealkylation sites (tertiary alicyclic amines) is 1. The van der Waals surface area contributed by atoms with Crippen LogP contribution in [0.5, 0.6) is 5.75 Å². The number of halogens is 1. The lowest BCUT2D eigenvalue weighted by atomic mass is 10.1. The first-order valence-corrected chi connectivity index (χ1v) is 7.31. The lowest BCUT2D eigenvalue weighted by Gasteiger charge is -2.29. The second-order valence-electron chi connectivity index (χ2n) is 4.94. The molecule has 4 heteroatoms. The van der Waals surface area contributed by atoms with E-state index in [2.05, 4.69) is 33.8 Å². The molecule has 1 aliphatic heterocycles. The van der Waals surface area contributed by atoms with Crippen molar-refractivity contribution in [2.45, 2.75) is 25.8 Å². The van der Waals surface area contributed by atoms with Crippen molar-refractivity contribution in [3.8, 4) is 5.75 Å². The standard InChI is InChI=1S/C14H21BrN2O/c1-11-10-12(15)2-3-14(11)18-9-8-17-6-4-13(16)5-7-17/h2-3,10,13H,4-9,16H2,1H3. The number of benzene rings is 1. The van der Waals surface area contributed by atoms with Crippen molar-refractivity contribution in [2.24, 2.45) is 5.73 Å². The van der Waals surface area contributed by atoms with Crippen molar-refractivity contribution in [1.82, 2.24) is 4.90 Å². The Balaban J connectivity index is 1.75. The summed E-state index contributed by atoms with van der Waals surface area (Å²) in [5.74, 6) is 0.979. The molecule has 0 unspecified atom stereocenters. The van der Waals surface area contributed by atoms with Gasteiger partial charge in [-0.2, -0.15) is 0 Å². The molecule has 0 aliphatic carbocycles. The van der Waals surface area contributed by atoms with Crippen LogP contribution >= 0.6 is 15.9 Å². The molecule has 0 amide bonds. The fourth-order valence-electron chi connectivity index (χ4n) is 2.24. The average Bonchev–Trinajstić information content (AvgIpc) is 2.34. The van der Waals surface area contributed by atoms with E-state index in [0.717, 1.165) is 49.3 Å². The van der Waals surface area contributed by atoms with Crippen molar-refractivity contribution in [2.75, 3.05) is 26.2 Å². The second-order valence-corrected chi connectivity index (χ2v) is 5.85. The number of nitrogens with two attached hydrogens (primary N) is 1. The minimum absolute atomic E-state index is 0.399. The Morgan fingerprint density at radius 3 is 2.78 bits per heavy atom. The lowest BCUT2D eigenvalue weighted by molar-refractivity contribution is 0.174. The van der Waals surface area contributed by atoms with Gasteiger partial charge in [-0.15, -0.1) is 0 Å². The van der Waals surface area contributed by atoms with Gasteiger partial charge in [-0.1, -0.05) is 15.9 Å². The van der Waals surface area contributed by atoms with Crippen LogP contribution < -0.4 is 10.5 Å². The Kier molecular flexibility index (Phi) is 5.03. The highest BCUT2D eigenvalue weighted by Gasteiger charge is 2.15. The quantitative estimate of drug-likeness (QED) is 0.928. The SMILES string of the molecule is Cc1cc(Br)ccc1OCCN1CCC(N)CC1. The zero-order valence-corrected chi connectivity index (χ0v) is 12.4. The van der Waals surface area contributed by atoms with E-state index in [0.29, 0.717) is 6.04 Å². The van der Waals surface area contributed by atoms with Gasteiger partial charge in [0.15, 0.2) is 0 Å². The summed E-state index contributed by atoms with van der Waals surface area (Å²) in [4.78, 5) is 2.43. The van der Waals surface area contributed by atoms with Crippen LogP contribution in [0.15, 0.2) is 22.7 Å². The highest BCUT2D eigenvalue weighted by molar-refractivity contribution is 9.10. The van der Waals surface area contributed by atoms with Gasteiger partial charge in [-0.05, 0) is 56.6 Å². The van der Waals surface area contributed by atoms with Crippen LogP contribution in [0.3, 0.4) is 0 Å². The lowest BCUT2D eigenvalue weighted by Crippen LogP contribution is -2.41. The fourth-order valence-corrected chi connectivity index (χ4v) is 2.71. The van der Waals surface area contributed by atoms with Gasteiger partial charge in [-0.25, -0.2) is 0 Å². The molecule has 2 rings (SSSR count). The highest BCUT2D eigenvalue weighted by atomic mass is 79.9. The molecule has 1 aromatic rings. The van der Waals surface area contributed by atoms with Gasteiger partial charge in [0.25, 0.3) is 0 Å². The summed E-state index contributed by atoms with van der Waals surface area (Å²) in [6, 6.07) is 6.51. The minimum atomic E-state index is 0.399. The Bertz CT molecular complexity index is 389. The average molecular weight is 313 g/mol. The number of hydrogen-bond donors (Lipinski definition) is 1. The molecule has 1 heterocycles. The molecule has 0 saturated carbocycles. The molecule has 1 saturated heterocycles. The largest absolute Gasteiger partial charge is 0.492 e. The van der Waals surface area contributed by atoms with E-state index in [-0.39, 0.29) is 0 Å². The molecule has 18 heavy (non-hydrogen) atoms. The molecule has 0 aromatic heterocycles. The topological polar surface area (TPSA) is 38.5 Å². The zero-order chi connectivity index (χ0) is 13.0. The van der Waals surface area contributed by atoms with Crippen LogP contribution in [0, 0.1) is 6.92 Å². The van der Waals surface area contributed by atoms with E-state index in [1.54, 1.807) is 0 Å². The fraction of sp³-hybridized carbons (Fsp3) is 0.571. The molecule has 1 aliphatic rings. The van der Waals surface area contributed by atoms with Crippen LogP contribution in [0.1, 0.15) is 18.4 Å². The maximum Gasteiger partial charge on any atom is 0.122 e. The molecule has 100 valence electrons. The predicted octanol–water partition coefficient (Wildman–Crippen LogP) is 2.56. The molecule has 0 spiro atoms. The summed E-state index contributed by atoms with van der Waals surface area (Å²) < 4.78 is 6.92. The van der Waals surface area contributed by atoms with E-state index < -0.39 is 0 Å². The van der Waals surface area contributed by atoms with Gasteiger partial charge >= 0.3 is 0 Å². The van der Waals surface area contributed by atoms with Gasteiger partial charge in [0.05, 0.1) is 0 Å². The third-order valence-electron chi connectivity index (χ3n) is 3.43. The number of nitrogens with zero attached hydrogens (tertiary/aromatic N) is 1. The van der Waals surface area contributed by atoms with E-state index in [1.165, 1.54) is 5.56 Å². The first-order chi connectivity index (χ1) is 8.65. The van der Waals surface area contributed by atoms with E-state index >= 15 is 0 Å². The molecular weight excluding hydrogens is 292 g/mol. The molecule has 2 N–H and O–H groups in total. The Morgan fingerprint density at radius 2 is 2.11 bits per heavy atom. The summed E-state index contributed by atoms with van der Waals surface area (Å²) in [5, 5.41) is 0. The Labute approximate surface area is 117 Å². The Morgan fingerprint density at radius 1 is 1.39 bits per heavy atom. The third-order valence-corrected chi connectivity index (χ3v) is 3.93. The van der Waals surface area contributed by atoms with Gasteiger partial charge in [-0.3, -0.25) is 4.90 Å². The molecular formula is C14H21BrN2O. The van der Waals surface area contributed by atoms with Crippen molar-refractivity contribution in [1.29, 1.82) is 0 Å². The monoisotopic (exact) mass is 312 g/mol. The summed E-state index contributed by atoms with van der Waals surface area (Å²) in [6.07, 6.45) is 2.22.